The summed E-state index contributed by atoms with van der Waals surface area (Å²) in [6, 6.07) is 2.47. The minimum absolute atomic E-state index is 0.412. The number of nitrogens with one attached hydrogen (secondary N) is 1. The van der Waals surface area contributed by atoms with Crippen LogP contribution in [-0.2, 0) is 6.54 Å². The summed E-state index contributed by atoms with van der Waals surface area (Å²) in [5.41, 5.74) is 2.52. The van der Waals surface area contributed by atoms with Gasteiger partial charge in [-0.25, -0.2) is 0 Å². The first-order valence-electron chi connectivity index (χ1n) is 5.56. The van der Waals surface area contributed by atoms with Crippen LogP contribution in [0.2, 0.25) is 0 Å². The molecule has 1 aromatic rings. The highest BCUT2D eigenvalue weighted by molar-refractivity contribution is 5.49. The summed E-state index contributed by atoms with van der Waals surface area (Å²) in [5.74, 6) is 0. The molecule has 3 nitrogen and oxygen atoms in total. The van der Waals surface area contributed by atoms with Crippen LogP contribution in [0.3, 0.4) is 0 Å². The molecule has 1 aromatic heterocycles. The standard InChI is InChI=1S/C12H21N3/c1-5-8-15-12(6-7-14-15)9-10(2)11(3)13-4/h6-7,9,11,13H,5,8H2,1-4H3/b10-9-. The summed E-state index contributed by atoms with van der Waals surface area (Å²) in [6.45, 7) is 7.45. The van der Waals surface area contributed by atoms with Gasteiger partial charge >= 0.3 is 0 Å². The van der Waals surface area contributed by atoms with Crippen molar-refractivity contribution in [1.29, 1.82) is 0 Å². The van der Waals surface area contributed by atoms with Gasteiger partial charge in [-0.2, -0.15) is 5.10 Å². The number of hydrogen-bond acceptors (Lipinski definition) is 2. The maximum Gasteiger partial charge on any atom is 0.0609 e. The molecule has 0 aliphatic carbocycles. The van der Waals surface area contributed by atoms with Crippen molar-refractivity contribution in [3.63, 3.8) is 0 Å². The summed E-state index contributed by atoms with van der Waals surface area (Å²) in [7, 11) is 1.98. The van der Waals surface area contributed by atoms with Gasteiger partial charge in [-0.1, -0.05) is 12.5 Å². The zero-order valence-electron chi connectivity index (χ0n) is 10.1. The third-order valence-corrected chi connectivity index (χ3v) is 2.68. The van der Waals surface area contributed by atoms with E-state index in [-0.39, 0.29) is 0 Å². The van der Waals surface area contributed by atoms with Gasteiger partial charge in [0, 0.05) is 18.8 Å². The van der Waals surface area contributed by atoms with Crippen LogP contribution in [0.15, 0.2) is 17.8 Å². The third-order valence-electron chi connectivity index (χ3n) is 2.68. The molecule has 0 bridgehead atoms. The van der Waals surface area contributed by atoms with Gasteiger partial charge in [0.15, 0.2) is 0 Å². The van der Waals surface area contributed by atoms with Gasteiger partial charge < -0.3 is 5.32 Å². The lowest BCUT2D eigenvalue weighted by molar-refractivity contribution is 0.597. The van der Waals surface area contributed by atoms with E-state index in [2.05, 4.69) is 43.3 Å². The van der Waals surface area contributed by atoms with Gasteiger partial charge in [0.1, 0.15) is 0 Å². The summed E-state index contributed by atoms with van der Waals surface area (Å²) in [6.07, 6.45) is 5.17. The molecular formula is C12H21N3. The Bertz CT molecular complexity index is 325. The normalized spacial score (nSPS) is 14.3. The van der Waals surface area contributed by atoms with E-state index in [1.54, 1.807) is 0 Å². The monoisotopic (exact) mass is 207 g/mol. The predicted molar refractivity (Wildman–Crippen MR) is 64.7 cm³/mol. The van der Waals surface area contributed by atoms with Crippen molar-refractivity contribution in [2.45, 2.75) is 39.8 Å². The molecule has 0 saturated heterocycles. The van der Waals surface area contributed by atoms with Crippen molar-refractivity contribution in [2.75, 3.05) is 7.05 Å². The number of nitrogens with zero attached hydrogens (tertiary/aromatic N) is 2. The zero-order valence-corrected chi connectivity index (χ0v) is 10.1. The Kier molecular flexibility index (Phi) is 4.56. The molecule has 0 aliphatic heterocycles. The molecule has 1 atom stereocenters. The van der Waals surface area contributed by atoms with Gasteiger partial charge in [-0.15, -0.1) is 0 Å². The number of hydrogen-bond donors (Lipinski definition) is 1. The summed E-state index contributed by atoms with van der Waals surface area (Å²) < 4.78 is 2.05. The number of aromatic nitrogens is 2. The molecule has 0 spiro atoms. The summed E-state index contributed by atoms with van der Waals surface area (Å²) in [4.78, 5) is 0. The lowest BCUT2D eigenvalue weighted by atomic mass is 10.1. The van der Waals surface area contributed by atoms with Crippen LogP contribution in [0.5, 0.6) is 0 Å². The second-order valence-corrected chi connectivity index (χ2v) is 3.88. The Hall–Kier alpha value is -1.09. The van der Waals surface area contributed by atoms with E-state index in [1.807, 2.05) is 17.9 Å². The first-order chi connectivity index (χ1) is 7.19. The van der Waals surface area contributed by atoms with E-state index in [9.17, 15) is 0 Å². The predicted octanol–water partition coefficient (Wildman–Crippen LogP) is 2.30. The highest BCUT2D eigenvalue weighted by atomic mass is 15.3. The molecule has 84 valence electrons. The van der Waals surface area contributed by atoms with Crippen molar-refractivity contribution < 1.29 is 0 Å². The molecule has 0 radical (unpaired) electrons. The van der Waals surface area contributed by atoms with Crippen molar-refractivity contribution in [2.24, 2.45) is 0 Å². The Balaban J connectivity index is 2.82. The summed E-state index contributed by atoms with van der Waals surface area (Å²) in [5, 5.41) is 7.53. The van der Waals surface area contributed by atoms with Gasteiger partial charge in [0.05, 0.1) is 5.69 Å². The Labute approximate surface area is 92.2 Å². The van der Waals surface area contributed by atoms with Crippen LogP contribution < -0.4 is 5.32 Å². The maximum atomic E-state index is 4.30. The Morgan fingerprint density at radius 2 is 2.40 bits per heavy atom. The lowest BCUT2D eigenvalue weighted by Gasteiger charge is -2.11. The van der Waals surface area contributed by atoms with Crippen molar-refractivity contribution in [3.05, 3.63) is 23.5 Å². The first kappa shape index (κ1) is 12.0. The Morgan fingerprint density at radius 3 is 3.00 bits per heavy atom. The fourth-order valence-corrected chi connectivity index (χ4v) is 1.45. The van der Waals surface area contributed by atoms with E-state index in [0.717, 1.165) is 13.0 Å². The molecule has 0 saturated carbocycles. The van der Waals surface area contributed by atoms with Crippen molar-refractivity contribution in [3.8, 4) is 0 Å². The summed E-state index contributed by atoms with van der Waals surface area (Å²) >= 11 is 0. The largest absolute Gasteiger partial charge is 0.314 e. The fourth-order valence-electron chi connectivity index (χ4n) is 1.45. The lowest BCUT2D eigenvalue weighted by Crippen LogP contribution is -2.22. The van der Waals surface area contributed by atoms with Gasteiger partial charge in [-0.3, -0.25) is 4.68 Å². The third kappa shape index (κ3) is 3.20. The molecule has 1 rings (SSSR count). The van der Waals surface area contributed by atoms with E-state index < -0.39 is 0 Å². The molecule has 15 heavy (non-hydrogen) atoms. The number of rotatable bonds is 5. The molecule has 0 aliphatic rings. The SMILES string of the molecule is CCCn1nccc1/C=C(/C)C(C)NC. The molecule has 0 fully saturated rings. The topological polar surface area (TPSA) is 29.9 Å². The van der Waals surface area contributed by atoms with Crippen LogP contribution in [0.1, 0.15) is 32.9 Å². The minimum atomic E-state index is 0.412. The van der Waals surface area contributed by atoms with Crippen molar-refractivity contribution in [1.82, 2.24) is 15.1 Å². The number of likely N-dealkylation sites (N-methyl/N-ethyl adjacent to an activating group) is 1. The quantitative estimate of drug-likeness (QED) is 0.803. The average molecular weight is 207 g/mol. The van der Waals surface area contributed by atoms with Crippen LogP contribution in [0, 0.1) is 0 Å². The molecule has 1 heterocycles. The van der Waals surface area contributed by atoms with Crippen LogP contribution >= 0.6 is 0 Å². The van der Waals surface area contributed by atoms with Crippen LogP contribution in [-0.4, -0.2) is 22.9 Å². The van der Waals surface area contributed by atoms with Gasteiger partial charge in [0.2, 0.25) is 0 Å². The van der Waals surface area contributed by atoms with E-state index >= 15 is 0 Å². The molecular weight excluding hydrogens is 186 g/mol. The van der Waals surface area contributed by atoms with Crippen LogP contribution in [0.25, 0.3) is 6.08 Å². The zero-order chi connectivity index (χ0) is 11.3. The maximum absolute atomic E-state index is 4.30. The molecule has 0 amide bonds. The van der Waals surface area contributed by atoms with Gasteiger partial charge in [-0.05, 0) is 39.5 Å². The average Bonchev–Trinajstić information content (AvgIpc) is 2.65. The second-order valence-electron chi connectivity index (χ2n) is 3.88. The van der Waals surface area contributed by atoms with E-state index in [4.69, 9.17) is 0 Å². The molecule has 1 N–H and O–H groups in total. The minimum Gasteiger partial charge on any atom is -0.314 e. The molecule has 1 unspecified atom stereocenters. The first-order valence-corrected chi connectivity index (χ1v) is 5.56. The second kappa shape index (κ2) is 5.71. The van der Waals surface area contributed by atoms with Crippen molar-refractivity contribution >= 4 is 6.08 Å². The smallest absolute Gasteiger partial charge is 0.0609 e. The van der Waals surface area contributed by atoms with E-state index in [0.29, 0.717) is 6.04 Å². The van der Waals surface area contributed by atoms with Gasteiger partial charge in [0.25, 0.3) is 0 Å². The fraction of sp³-hybridized carbons (Fsp3) is 0.583. The van der Waals surface area contributed by atoms with Crippen LogP contribution in [0.4, 0.5) is 0 Å². The Morgan fingerprint density at radius 1 is 1.67 bits per heavy atom. The molecule has 0 aromatic carbocycles. The molecule has 3 heteroatoms. The highest BCUT2D eigenvalue weighted by Crippen LogP contribution is 2.09. The highest BCUT2D eigenvalue weighted by Gasteiger charge is 2.03. The van der Waals surface area contributed by atoms with E-state index in [1.165, 1.54) is 11.3 Å². The number of aryl methyl sites for hydroxylation is 1.